The topological polar surface area (TPSA) is 78.7 Å². The first-order valence-corrected chi connectivity index (χ1v) is 11.3. The van der Waals surface area contributed by atoms with E-state index in [4.69, 9.17) is 11.6 Å². The van der Waals surface area contributed by atoms with Crippen LogP contribution in [0.3, 0.4) is 0 Å². The summed E-state index contributed by atoms with van der Waals surface area (Å²) in [5.41, 5.74) is 2.34. The summed E-state index contributed by atoms with van der Waals surface area (Å²) < 4.78 is 0. The third-order valence-corrected chi connectivity index (χ3v) is 6.34. The molecule has 2 aromatic carbocycles. The smallest absolute Gasteiger partial charge is 0.293 e. The summed E-state index contributed by atoms with van der Waals surface area (Å²) in [4.78, 5) is 28.3. The normalized spacial score (nSPS) is 16.8. The van der Waals surface area contributed by atoms with Gasteiger partial charge in [0.25, 0.3) is 11.6 Å². The van der Waals surface area contributed by atoms with Gasteiger partial charge in [-0.3, -0.25) is 14.9 Å². The average molecular weight is 443 g/mol. The van der Waals surface area contributed by atoms with Crippen LogP contribution in [0.25, 0.3) is 0 Å². The quantitative estimate of drug-likeness (QED) is 0.489. The van der Waals surface area contributed by atoms with E-state index in [9.17, 15) is 14.9 Å². The van der Waals surface area contributed by atoms with Crippen molar-refractivity contribution in [3.05, 3.63) is 57.1 Å². The van der Waals surface area contributed by atoms with Gasteiger partial charge in [0.15, 0.2) is 0 Å². The van der Waals surface area contributed by atoms with E-state index in [1.54, 1.807) is 18.2 Å². The predicted molar refractivity (Wildman–Crippen MR) is 125 cm³/mol. The highest BCUT2D eigenvalue weighted by Gasteiger charge is 2.23. The Morgan fingerprint density at radius 2 is 1.45 bits per heavy atom. The maximum Gasteiger partial charge on any atom is 0.293 e. The Morgan fingerprint density at radius 3 is 2.03 bits per heavy atom. The van der Waals surface area contributed by atoms with Crippen LogP contribution in [0.5, 0.6) is 0 Å². The molecule has 164 valence electrons. The zero-order chi connectivity index (χ0) is 21.8. The Morgan fingerprint density at radius 1 is 0.871 bits per heavy atom. The molecule has 2 aromatic rings. The van der Waals surface area contributed by atoms with E-state index in [-0.39, 0.29) is 11.3 Å². The molecular formula is C23H27ClN4O3. The number of piperidine rings is 2. The molecule has 0 spiro atoms. The lowest BCUT2D eigenvalue weighted by atomic mass is 10.1. The lowest BCUT2D eigenvalue weighted by Crippen LogP contribution is -2.30. The van der Waals surface area contributed by atoms with Crippen molar-refractivity contribution in [2.24, 2.45) is 0 Å². The monoisotopic (exact) mass is 442 g/mol. The zero-order valence-electron chi connectivity index (χ0n) is 17.5. The number of nitrogens with zero attached hydrogens (tertiary/aromatic N) is 3. The highest BCUT2D eigenvalue weighted by atomic mass is 35.5. The third kappa shape index (κ3) is 4.93. The van der Waals surface area contributed by atoms with Gasteiger partial charge in [0.1, 0.15) is 5.69 Å². The van der Waals surface area contributed by atoms with Crippen LogP contribution < -0.4 is 15.1 Å². The Kier molecular flexibility index (Phi) is 6.61. The van der Waals surface area contributed by atoms with Gasteiger partial charge in [-0.1, -0.05) is 11.6 Å². The second kappa shape index (κ2) is 9.56. The largest absolute Gasteiger partial charge is 0.370 e. The molecule has 2 saturated heterocycles. The summed E-state index contributed by atoms with van der Waals surface area (Å²) in [6, 6.07) is 10.2. The van der Waals surface area contributed by atoms with Gasteiger partial charge in [-0.2, -0.15) is 0 Å². The molecule has 2 fully saturated rings. The molecule has 0 saturated carbocycles. The first-order chi connectivity index (χ1) is 15.0. The molecule has 0 radical (unpaired) electrons. The minimum absolute atomic E-state index is 0.0342. The Bertz CT molecular complexity index is 969. The molecule has 8 heteroatoms. The van der Waals surface area contributed by atoms with Gasteiger partial charge in [-0.05, 0) is 68.9 Å². The molecule has 2 heterocycles. The minimum atomic E-state index is -0.412. The van der Waals surface area contributed by atoms with Gasteiger partial charge >= 0.3 is 0 Å². The Balaban J connectivity index is 1.51. The molecule has 0 unspecified atom stereocenters. The maximum absolute atomic E-state index is 12.8. The van der Waals surface area contributed by atoms with Crippen LogP contribution in [-0.2, 0) is 0 Å². The second-order valence-electron chi connectivity index (χ2n) is 8.18. The maximum atomic E-state index is 12.8. The number of nitro benzene ring substituents is 1. The molecule has 7 nitrogen and oxygen atoms in total. The van der Waals surface area contributed by atoms with Gasteiger partial charge in [-0.25, -0.2) is 0 Å². The van der Waals surface area contributed by atoms with E-state index in [2.05, 4.69) is 10.2 Å². The first kappa shape index (κ1) is 21.4. The number of carbonyl (C=O) groups is 1. The number of anilines is 3. The lowest BCUT2D eigenvalue weighted by Gasteiger charge is -2.29. The molecule has 1 amide bonds. The van der Waals surface area contributed by atoms with Crippen LogP contribution in [0.2, 0.25) is 5.02 Å². The summed E-state index contributed by atoms with van der Waals surface area (Å²) in [6.45, 7) is 3.57. The van der Waals surface area contributed by atoms with Crippen molar-refractivity contribution in [3.63, 3.8) is 0 Å². The van der Waals surface area contributed by atoms with Gasteiger partial charge in [0, 0.05) is 43.5 Å². The highest BCUT2D eigenvalue weighted by molar-refractivity contribution is 6.33. The fourth-order valence-electron chi connectivity index (χ4n) is 4.39. The molecule has 2 aliphatic heterocycles. The van der Waals surface area contributed by atoms with E-state index < -0.39 is 10.8 Å². The molecule has 0 aromatic heterocycles. The number of nitrogens with one attached hydrogen (secondary N) is 1. The summed E-state index contributed by atoms with van der Waals surface area (Å²) >= 11 is 6.48. The fourth-order valence-corrected chi connectivity index (χ4v) is 4.69. The van der Waals surface area contributed by atoms with Crippen molar-refractivity contribution in [1.82, 2.24) is 0 Å². The van der Waals surface area contributed by atoms with Crippen LogP contribution in [0.1, 0.15) is 48.9 Å². The van der Waals surface area contributed by atoms with E-state index in [1.165, 1.54) is 12.5 Å². The van der Waals surface area contributed by atoms with Crippen LogP contribution >= 0.6 is 11.6 Å². The molecule has 2 aliphatic rings. The lowest BCUT2D eigenvalue weighted by molar-refractivity contribution is -0.384. The van der Waals surface area contributed by atoms with Crippen LogP contribution in [0.15, 0.2) is 36.4 Å². The van der Waals surface area contributed by atoms with Crippen molar-refractivity contribution in [2.45, 2.75) is 38.5 Å². The second-order valence-corrected chi connectivity index (χ2v) is 8.58. The van der Waals surface area contributed by atoms with E-state index in [1.807, 2.05) is 17.0 Å². The number of amides is 1. The van der Waals surface area contributed by atoms with Crippen molar-refractivity contribution >= 4 is 40.3 Å². The molecular weight excluding hydrogens is 416 g/mol. The van der Waals surface area contributed by atoms with Crippen molar-refractivity contribution in [1.29, 1.82) is 0 Å². The minimum Gasteiger partial charge on any atom is -0.370 e. The number of hydrogen-bond donors (Lipinski definition) is 1. The summed E-state index contributed by atoms with van der Waals surface area (Å²) in [5, 5.41) is 15.1. The molecule has 1 N–H and O–H groups in total. The van der Waals surface area contributed by atoms with Crippen LogP contribution in [0.4, 0.5) is 22.7 Å². The average Bonchev–Trinajstić information content (AvgIpc) is 2.80. The fraction of sp³-hybridized carbons (Fsp3) is 0.435. The molecule has 0 aliphatic carbocycles. The van der Waals surface area contributed by atoms with E-state index in [0.29, 0.717) is 16.4 Å². The molecule has 0 atom stereocenters. The van der Waals surface area contributed by atoms with E-state index >= 15 is 0 Å². The molecule has 0 bridgehead atoms. The molecule has 31 heavy (non-hydrogen) atoms. The van der Waals surface area contributed by atoms with Crippen molar-refractivity contribution in [2.75, 3.05) is 41.3 Å². The SMILES string of the molecule is O=C(Nc1ccc(N2CCCCC2)c(Cl)c1)c1ccc(N2CCCCC2)c([N+](=O)[O-])c1. The summed E-state index contributed by atoms with van der Waals surface area (Å²) in [6.07, 6.45) is 6.73. The zero-order valence-corrected chi connectivity index (χ0v) is 18.2. The Labute approximate surface area is 187 Å². The third-order valence-electron chi connectivity index (χ3n) is 6.03. The number of rotatable bonds is 5. The van der Waals surface area contributed by atoms with Gasteiger partial charge < -0.3 is 15.1 Å². The number of carbonyl (C=O) groups excluding carboxylic acids is 1. The summed E-state index contributed by atoms with van der Waals surface area (Å²) in [7, 11) is 0. The molecule has 4 rings (SSSR count). The predicted octanol–water partition coefficient (Wildman–Crippen LogP) is 5.48. The standard InChI is InChI=1S/C23H27ClN4O3/c24-19-16-18(8-10-20(19)26-11-3-1-4-12-26)25-23(29)17-7-9-21(22(15-17)28(30)31)27-13-5-2-6-14-27/h7-10,15-16H,1-6,11-14H2,(H,25,29). The van der Waals surface area contributed by atoms with Gasteiger partial charge in [0.2, 0.25) is 0 Å². The van der Waals surface area contributed by atoms with E-state index in [0.717, 1.165) is 64.0 Å². The number of halogens is 1. The van der Waals surface area contributed by atoms with Crippen LogP contribution in [-0.4, -0.2) is 37.0 Å². The number of benzene rings is 2. The number of hydrogen-bond acceptors (Lipinski definition) is 5. The Hall–Kier alpha value is -2.80. The van der Waals surface area contributed by atoms with Crippen molar-refractivity contribution in [3.8, 4) is 0 Å². The van der Waals surface area contributed by atoms with Gasteiger partial charge in [-0.15, -0.1) is 0 Å². The van der Waals surface area contributed by atoms with Gasteiger partial charge in [0.05, 0.1) is 15.6 Å². The number of nitro groups is 1. The first-order valence-electron chi connectivity index (χ1n) is 10.9. The van der Waals surface area contributed by atoms with Crippen LogP contribution in [0, 0.1) is 10.1 Å². The summed E-state index contributed by atoms with van der Waals surface area (Å²) in [5.74, 6) is -0.393. The highest BCUT2D eigenvalue weighted by Crippen LogP contribution is 2.33. The van der Waals surface area contributed by atoms with Crippen molar-refractivity contribution < 1.29 is 9.72 Å².